The molecule has 5 nitrogen and oxygen atoms in total. The lowest BCUT2D eigenvalue weighted by Crippen LogP contribution is -2.39. The summed E-state index contributed by atoms with van der Waals surface area (Å²) in [5.41, 5.74) is 9.18. The quantitative estimate of drug-likeness (QED) is 0.499. The number of aromatic nitrogens is 3. The zero-order chi connectivity index (χ0) is 19.5. The number of nitrogens with one attached hydrogen (secondary N) is 1. The van der Waals surface area contributed by atoms with Gasteiger partial charge in [0.05, 0.1) is 11.2 Å². The minimum atomic E-state index is 0. The van der Waals surface area contributed by atoms with Crippen molar-refractivity contribution in [2.75, 3.05) is 5.32 Å². The molecule has 31 heavy (non-hydrogen) atoms. The Labute approximate surface area is 202 Å². The van der Waals surface area contributed by atoms with Crippen molar-refractivity contribution in [2.24, 2.45) is 11.7 Å². The molecule has 0 saturated heterocycles. The van der Waals surface area contributed by atoms with Crippen molar-refractivity contribution in [1.29, 1.82) is 0 Å². The van der Waals surface area contributed by atoms with Gasteiger partial charge in [-0.3, -0.25) is 4.98 Å². The third kappa shape index (κ3) is 6.78. The second kappa shape index (κ2) is 12.2. The molecule has 0 bridgehead atoms. The maximum atomic E-state index is 6.14. The molecular weight excluding hydrogens is 453 g/mol. The summed E-state index contributed by atoms with van der Waals surface area (Å²) in [5, 5.41) is 4.77. The SMILES string of the molecule is Cc1ccc2nc(/C=C/c3ccccn3)nc(N[C@H]3CC[C@@H](N)C[C@H]3C)c2c1.Cl.Cl.Cl. The standard InChI is InChI=1S/C23H27N5.3ClH/c1-15-6-9-21-19(13-15)23(27-20-10-7-17(24)14-16(20)2)28-22(26-21)11-8-18-5-3-4-12-25-18;;;/h3-6,8-9,11-13,16-17,20H,7,10,14,24H2,1-2H3,(H,26,27,28);3*1H/b11-8+;;;/t16-,17-,20+;;;/m1.../s1. The lowest BCUT2D eigenvalue weighted by molar-refractivity contribution is 0.314. The van der Waals surface area contributed by atoms with E-state index in [0.29, 0.717) is 23.8 Å². The molecule has 0 unspecified atom stereocenters. The van der Waals surface area contributed by atoms with Crippen molar-refractivity contribution in [3.05, 3.63) is 59.7 Å². The third-order valence-electron chi connectivity index (χ3n) is 5.49. The largest absolute Gasteiger partial charge is 0.366 e. The lowest BCUT2D eigenvalue weighted by atomic mass is 9.83. The molecule has 3 N–H and O–H groups in total. The van der Waals surface area contributed by atoms with Crippen LogP contribution in [0.4, 0.5) is 5.82 Å². The molecule has 0 radical (unpaired) electrons. The molecule has 1 aliphatic carbocycles. The maximum absolute atomic E-state index is 6.14. The highest BCUT2D eigenvalue weighted by Crippen LogP contribution is 2.29. The van der Waals surface area contributed by atoms with Gasteiger partial charge in [0, 0.05) is 23.7 Å². The van der Waals surface area contributed by atoms with E-state index in [2.05, 4.69) is 42.3 Å². The molecule has 0 amide bonds. The van der Waals surface area contributed by atoms with E-state index in [0.717, 1.165) is 41.7 Å². The van der Waals surface area contributed by atoms with Gasteiger partial charge in [-0.1, -0.05) is 24.6 Å². The lowest BCUT2D eigenvalue weighted by Gasteiger charge is -2.33. The van der Waals surface area contributed by atoms with Crippen LogP contribution in [-0.4, -0.2) is 27.0 Å². The minimum absolute atomic E-state index is 0. The number of nitrogens with zero attached hydrogens (tertiary/aromatic N) is 3. The summed E-state index contributed by atoms with van der Waals surface area (Å²) in [6, 6.07) is 12.9. The number of hydrogen-bond acceptors (Lipinski definition) is 5. The summed E-state index contributed by atoms with van der Waals surface area (Å²) in [4.78, 5) is 13.9. The second-order valence-corrected chi connectivity index (χ2v) is 7.84. The topological polar surface area (TPSA) is 76.7 Å². The van der Waals surface area contributed by atoms with Crippen LogP contribution in [0.1, 0.15) is 43.3 Å². The van der Waals surface area contributed by atoms with E-state index in [1.165, 1.54) is 5.56 Å². The van der Waals surface area contributed by atoms with Crippen LogP contribution in [0.15, 0.2) is 42.6 Å². The van der Waals surface area contributed by atoms with E-state index in [4.69, 9.17) is 15.7 Å². The predicted molar refractivity (Wildman–Crippen MR) is 138 cm³/mol. The first-order valence-electron chi connectivity index (χ1n) is 9.98. The summed E-state index contributed by atoms with van der Waals surface area (Å²) >= 11 is 0. The van der Waals surface area contributed by atoms with Crippen LogP contribution in [0, 0.1) is 12.8 Å². The molecule has 2 aromatic heterocycles. The third-order valence-corrected chi connectivity index (χ3v) is 5.49. The Hall–Kier alpha value is -1.92. The molecule has 1 saturated carbocycles. The fourth-order valence-electron chi connectivity index (χ4n) is 3.91. The van der Waals surface area contributed by atoms with Gasteiger partial charge in [0.1, 0.15) is 5.82 Å². The average Bonchev–Trinajstić information content (AvgIpc) is 2.69. The van der Waals surface area contributed by atoms with Crippen molar-refractivity contribution in [3.63, 3.8) is 0 Å². The molecule has 1 fully saturated rings. The van der Waals surface area contributed by atoms with Crippen LogP contribution in [0.5, 0.6) is 0 Å². The molecule has 0 aliphatic heterocycles. The zero-order valence-electron chi connectivity index (χ0n) is 17.7. The molecule has 168 valence electrons. The van der Waals surface area contributed by atoms with Crippen molar-refractivity contribution < 1.29 is 0 Å². The first kappa shape index (κ1) is 27.1. The van der Waals surface area contributed by atoms with E-state index >= 15 is 0 Å². The number of rotatable bonds is 4. The number of pyridine rings is 1. The highest BCUT2D eigenvalue weighted by Gasteiger charge is 2.26. The number of hydrogen-bond donors (Lipinski definition) is 2. The van der Waals surface area contributed by atoms with Crippen LogP contribution < -0.4 is 11.1 Å². The zero-order valence-corrected chi connectivity index (χ0v) is 20.1. The Bertz CT molecular complexity index is 997. The maximum Gasteiger partial charge on any atom is 0.155 e. The van der Waals surface area contributed by atoms with Crippen molar-refractivity contribution >= 4 is 66.1 Å². The van der Waals surface area contributed by atoms with Crippen LogP contribution in [0.3, 0.4) is 0 Å². The van der Waals surface area contributed by atoms with Crippen molar-refractivity contribution in [3.8, 4) is 0 Å². The molecule has 0 spiro atoms. The number of benzene rings is 1. The van der Waals surface area contributed by atoms with Crippen molar-refractivity contribution in [2.45, 2.75) is 45.2 Å². The highest BCUT2D eigenvalue weighted by molar-refractivity contribution is 5.90. The van der Waals surface area contributed by atoms with Gasteiger partial charge in [0.2, 0.25) is 0 Å². The first-order valence-corrected chi connectivity index (χ1v) is 9.98. The van der Waals surface area contributed by atoms with Gasteiger partial charge < -0.3 is 11.1 Å². The Morgan fingerprint density at radius 2 is 1.84 bits per heavy atom. The normalized spacial score (nSPS) is 20.4. The van der Waals surface area contributed by atoms with Gasteiger partial charge in [-0.15, -0.1) is 37.2 Å². The summed E-state index contributed by atoms with van der Waals surface area (Å²) in [5.74, 6) is 2.11. The van der Waals surface area contributed by atoms with E-state index in [1.54, 1.807) is 6.20 Å². The van der Waals surface area contributed by atoms with Crippen LogP contribution in [0.25, 0.3) is 23.1 Å². The highest BCUT2D eigenvalue weighted by atomic mass is 35.5. The summed E-state index contributed by atoms with van der Waals surface area (Å²) in [6.45, 7) is 4.37. The number of halogens is 3. The smallest absolute Gasteiger partial charge is 0.155 e. The molecule has 8 heteroatoms. The van der Waals surface area contributed by atoms with Gasteiger partial charge in [0.25, 0.3) is 0 Å². The van der Waals surface area contributed by atoms with Gasteiger partial charge in [-0.2, -0.15) is 0 Å². The first-order chi connectivity index (χ1) is 13.6. The van der Waals surface area contributed by atoms with Gasteiger partial charge in [-0.05, 0) is 68.5 Å². The van der Waals surface area contributed by atoms with Gasteiger partial charge in [-0.25, -0.2) is 9.97 Å². The Balaban J connectivity index is 0.00000160. The Kier molecular flexibility index (Phi) is 10.7. The fraction of sp³-hybridized carbons (Fsp3) is 0.348. The van der Waals surface area contributed by atoms with Crippen molar-refractivity contribution in [1.82, 2.24) is 15.0 Å². The minimum Gasteiger partial charge on any atom is -0.366 e. The van der Waals surface area contributed by atoms with Gasteiger partial charge >= 0.3 is 0 Å². The second-order valence-electron chi connectivity index (χ2n) is 7.84. The molecule has 1 aromatic carbocycles. The van der Waals surface area contributed by atoms with Gasteiger partial charge in [0.15, 0.2) is 5.82 Å². The number of fused-ring (bicyclic) bond motifs is 1. The number of anilines is 1. The summed E-state index contributed by atoms with van der Waals surface area (Å²) in [7, 11) is 0. The van der Waals surface area contributed by atoms with Crippen LogP contribution >= 0.6 is 37.2 Å². The van der Waals surface area contributed by atoms with E-state index < -0.39 is 0 Å². The summed E-state index contributed by atoms with van der Waals surface area (Å²) in [6.07, 6.45) is 8.82. The summed E-state index contributed by atoms with van der Waals surface area (Å²) < 4.78 is 0. The number of nitrogens with two attached hydrogens (primary N) is 1. The molecule has 3 atom stereocenters. The number of aryl methyl sites for hydroxylation is 1. The molecular formula is C23H30Cl3N5. The van der Waals surface area contributed by atoms with Crippen LogP contribution in [-0.2, 0) is 0 Å². The molecule has 4 rings (SSSR count). The average molecular weight is 483 g/mol. The van der Waals surface area contributed by atoms with Crippen LogP contribution in [0.2, 0.25) is 0 Å². The Morgan fingerprint density at radius 1 is 1.03 bits per heavy atom. The predicted octanol–water partition coefficient (Wildman–Crippen LogP) is 5.70. The molecule has 2 heterocycles. The fourth-order valence-corrected chi connectivity index (χ4v) is 3.91. The monoisotopic (exact) mass is 481 g/mol. The van der Waals surface area contributed by atoms with E-state index in [-0.39, 0.29) is 37.2 Å². The Morgan fingerprint density at radius 3 is 2.55 bits per heavy atom. The van der Waals surface area contributed by atoms with E-state index in [9.17, 15) is 0 Å². The molecule has 1 aliphatic rings. The molecule has 3 aromatic rings. The van der Waals surface area contributed by atoms with E-state index in [1.807, 2.05) is 30.4 Å².